The average Bonchev–Trinajstić information content (AvgIpc) is 1.71. The van der Waals surface area contributed by atoms with Crippen molar-refractivity contribution in [2.75, 3.05) is 93.7 Å². The fourth-order valence-corrected chi connectivity index (χ4v) is 19.7. The largest absolute Gasteiger partial charge is 0.465 e. The van der Waals surface area contributed by atoms with Crippen molar-refractivity contribution in [2.45, 2.75) is 170 Å². The first-order valence-electron chi connectivity index (χ1n) is 36.7. The smallest absolute Gasteiger partial charge is 0.407 e. The van der Waals surface area contributed by atoms with Crippen LogP contribution in [0.5, 0.6) is 0 Å². The van der Waals surface area contributed by atoms with Gasteiger partial charge in [-0.25, -0.2) is 26.6 Å². The summed E-state index contributed by atoms with van der Waals surface area (Å²) in [6.07, 6.45) is 8.14. The van der Waals surface area contributed by atoms with E-state index in [1.54, 1.807) is 62.8 Å². The molecule has 15 rings (SSSR count). The van der Waals surface area contributed by atoms with E-state index in [4.69, 9.17) is 4.98 Å². The number of carbonyl (C=O) groups excluding carboxylic acids is 6. The molecule has 7 amide bonds. The molecule has 6 aromatic rings. The summed E-state index contributed by atoms with van der Waals surface area (Å²) in [4.78, 5) is 123. The molecule has 0 spiro atoms. The van der Waals surface area contributed by atoms with Gasteiger partial charge >= 0.3 is 6.09 Å². The summed E-state index contributed by atoms with van der Waals surface area (Å²) in [7, 11) is -7.42. The minimum atomic E-state index is -3.72. The highest BCUT2D eigenvalue weighted by Gasteiger charge is 2.43. The highest BCUT2D eigenvalue weighted by atomic mass is 32.2. The Morgan fingerprint density at radius 2 is 1.05 bits per heavy atom. The van der Waals surface area contributed by atoms with E-state index in [1.807, 2.05) is 79.9 Å². The first-order valence-corrected chi connectivity index (χ1v) is 39.6. The standard InChI is InChI=1S/C41H47N9O6S.C34H44N6O7S/c51-36-12-11-35(39(53)44-36)49-26-29-23-32(9-10-34(29)40(49)54)47-20-18-46(19-21-47)25-27-4-3-7-33(22-27)57(55,56)48-16-14-30(15-17-48)43-41-42-24-28-8-13-37(52)50(38(28)45-41)31-5-1-2-6-31;1-34(2,3)40(33(44)45)25-11-13-38(14-12-25)48(46,47)27-6-4-5-23(19-27)21-36-15-17-37(18-16-36)26-7-8-28-24(20-26)22-39(32(28)43)29-9-10-30(41)35-31(29)42/h3-4,7-10,13,22-24,30-31,35H,1-2,5-6,11-12,14-21,25-26H2,(H,42,43,45)(H,44,51,53);4-8,19-20,25,29H,9-18,21-22H2,1-3H3,(H,44,45)(H,35,41,42). The summed E-state index contributed by atoms with van der Waals surface area (Å²) in [5, 5.41) is 18.7. The molecule has 556 valence electrons. The van der Waals surface area contributed by atoms with Crippen molar-refractivity contribution in [1.29, 1.82) is 0 Å². The summed E-state index contributed by atoms with van der Waals surface area (Å²) >= 11 is 0. The van der Waals surface area contributed by atoms with Crippen LogP contribution in [0.3, 0.4) is 0 Å². The Morgan fingerprint density at radius 1 is 0.571 bits per heavy atom. The van der Waals surface area contributed by atoms with Gasteiger partial charge in [0.15, 0.2) is 0 Å². The van der Waals surface area contributed by atoms with Crippen molar-refractivity contribution in [3.63, 3.8) is 0 Å². The molecule has 28 nitrogen and oxygen atoms in total. The minimum absolute atomic E-state index is 0.00101. The zero-order chi connectivity index (χ0) is 73.6. The number of pyridine rings is 1. The number of carboxylic acid groups (broad SMARTS) is 1. The van der Waals surface area contributed by atoms with Crippen molar-refractivity contribution in [3.8, 4) is 0 Å². The topological polar surface area (TPSA) is 321 Å². The SMILES string of the molecule is CC(C)(C)N(C(=O)O)C1CCN(S(=O)(=O)c2cccc(CN3CCN(c4ccc5c(c4)CN(C4CCC(=O)NC4=O)C5=O)CC3)c2)CC1.O=C1CCC(N2Cc3cc(N4CCN(Cc5cccc(S(=O)(=O)N6CCC(Nc7ncc8ccc(=O)n(C9CCCC9)c8n7)CC6)c5)CC4)ccc3C2=O)C(=O)N1. The van der Waals surface area contributed by atoms with Crippen molar-refractivity contribution in [1.82, 2.24) is 58.3 Å². The first-order chi connectivity index (χ1) is 50.3. The number of imide groups is 2. The van der Waals surface area contributed by atoms with Gasteiger partial charge in [0, 0.05) is 181 Å². The summed E-state index contributed by atoms with van der Waals surface area (Å²) in [5.41, 5.74) is 6.87. The number of piperidine rings is 4. The number of benzene rings is 4. The third-order valence-electron chi connectivity index (χ3n) is 22.2. The molecule has 2 aromatic heterocycles. The van der Waals surface area contributed by atoms with Gasteiger partial charge in [0.25, 0.3) is 17.4 Å². The van der Waals surface area contributed by atoms with E-state index in [9.17, 15) is 60.3 Å². The quantitative estimate of drug-likeness (QED) is 0.0813. The molecule has 1 saturated carbocycles. The molecule has 105 heavy (non-hydrogen) atoms. The molecule has 0 bridgehead atoms. The van der Waals surface area contributed by atoms with Gasteiger partial charge in [-0.1, -0.05) is 37.1 Å². The number of anilines is 3. The highest BCUT2D eigenvalue weighted by Crippen LogP contribution is 2.36. The number of hydrogen-bond donors (Lipinski definition) is 4. The van der Waals surface area contributed by atoms with E-state index in [-0.39, 0.29) is 78.1 Å². The second kappa shape index (κ2) is 30.0. The molecule has 0 radical (unpaired) electrons. The molecule has 1 aliphatic carbocycles. The normalized spacial score (nSPS) is 21.7. The van der Waals surface area contributed by atoms with E-state index < -0.39 is 55.6 Å². The zero-order valence-corrected chi connectivity index (χ0v) is 61.2. The van der Waals surface area contributed by atoms with Crippen LogP contribution in [-0.2, 0) is 65.4 Å². The molecule has 6 saturated heterocycles. The van der Waals surface area contributed by atoms with Crippen LogP contribution >= 0.6 is 0 Å². The van der Waals surface area contributed by atoms with Crippen LogP contribution in [0, 0.1) is 0 Å². The number of nitrogens with zero attached hydrogens (tertiary/aromatic N) is 12. The predicted molar refractivity (Wildman–Crippen MR) is 391 cm³/mol. The van der Waals surface area contributed by atoms with Crippen LogP contribution in [0.4, 0.5) is 22.1 Å². The van der Waals surface area contributed by atoms with Crippen LogP contribution in [0.2, 0.25) is 0 Å². The second-order valence-corrected chi connectivity index (χ2v) is 33.9. The molecule has 7 fully saturated rings. The van der Waals surface area contributed by atoms with Crippen LogP contribution < -0.4 is 31.3 Å². The fraction of sp³-hybridized carbons (Fsp3) is 0.493. The lowest BCUT2D eigenvalue weighted by Crippen LogP contribution is -2.55. The molecule has 2 atom stereocenters. The number of aromatic nitrogens is 3. The van der Waals surface area contributed by atoms with Gasteiger partial charge in [0.2, 0.25) is 49.6 Å². The van der Waals surface area contributed by atoms with Crippen molar-refractivity contribution >= 4 is 89.9 Å². The molecule has 10 heterocycles. The maximum absolute atomic E-state index is 13.8. The van der Waals surface area contributed by atoms with Crippen molar-refractivity contribution in [3.05, 3.63) is 147 Å². The molecule has 9 aliphatic rings. The number of sulfonamides is 2. The third-order valence-corrected chi connectivity index (χ3v) is 26.0. The van der Waals surface area contributed by atoms with E-state index in [2.05, 4.69) is 40.5 Å². The highest BCUT2D eigenvalue weighted by molar-refractivity contribution is 7.89. The second-order valence-electron chi connectivity index (χ2n) is 30.0. The van der Waals surface area contributed by atoms with Gasteiger partial charge in [-0.15, -0.1) is 0 Å². The Hall–Kier alpha value is -9.20. The number of carbonyl (C=O) groups is 7. The molecular weight excluding hydrogens is 1380 g/mol. The van der Waals surface area contributed by atoms with E-state index in [0.29, 0.717) is 105 Å². The Kier molecular flexibility index (Phi) is 20.8. The molecular formula is C75H91N15O13S2. The van der Waals surface area contributed by atoms with Crippen LogP contribution in [0.25, 0.3) is 11.0 Å². The number of fused-ring (bicyclic) bond motifs is 3. The van der Waals surface area contributed by atoms with Gasteiger partial charge in [0.1, 0.15) is 17.7 Å². The Labute approximate surface area is 610 Å². The molecule has 4 aromatic carbocycles. The Bertz CT molecular complexity index is 4680. The number of hydrogen-bond acceptors (Lipinski definition) is 19. The van der Waals surface area contributed by atoms with Crippen molar-refractivity contribution < 1.29 is 55.5 Å². The first kappa shape index (κ1) is 72.7. The summed E-state index contributed by atoms with van der Waals surface area (Å²) in [6.45, 7) is 15.0. The summed E-state index contributed by atoms with van der Waals surface area (Å²) in [6, 6.07) is 28.0. The lowest BCUT2D eigenvalue weighted by Gasteiger charge is -2.43. The van der Waals surface area contributed by atoms with E-state index in [1.165, 1.54) is 9.21 Å². The predicted octanol–water partition coefficient (Wildman–Crippen LogP) is 5.96. The Morgan fingerprint density at radius 3 is 1.50 bits per heavy atom. The summed E-state index contributed by atoms with van der Waals surface area (Å²) in [5.74, 6) is -1.35. The number of rotatable bonds is 16. The van der Waals surface area contributed by atoms with Crippen LogP contribution in [-0.4, -0.2) is 219 Å². The van der Waals surface area contributed by atoms with Gasteiger partial charge in [-0.2, -0.15) is 13.6 Å². The number of amides is 7. The number of nitrogens with one attached hydrogen (secondary N) is 3. The molecule has 4 N–H and O–H groups in total. The average molecular weight is 1470 g/mol. The van der Waals surface area contributed by atoms with Crippen LogP contribution in [0.1, 0.15) is 147 Å². The molecule has 8 aliphatic heterocycles. The zero-order valence-electron chi connectivity index (χ0n) is 59.5. The lowest BCUT2D eigenvalue weighted by atomic mass is 9.98. The third kappa shape index (κ3) is 15.5. The maximum atomic E-state index is 13.8. The molecule has 30 heteroatoms. The van der Waals surface area contributed by atoms with E-state index >= 15 is 0 Å². The van der Waals surface area contributed by atoms with Gasteiger partial charge in [-0.05, 0) is 161 Å². The van der Waals surface area contributed by atoms with Crippen molar-refractivity contribution in [2.24, 2.45) is 0 Å². The van der Waals surface area contributed by atoms with Gasteiger partial charge in [-0.3, -0.25) is 58.6 Å². The monoisotopic (exact) mass is 1470 g/mol. The fourth-order valence-electron chi connectivity index (χ4n) is 16.6. The lowest BCUT2D eigenvalue weighted by molar-refractivity contribution is -0.138. The summed E-state index contributed by atoms with van der Waals surface area (Å²) < 4.78 is 59.7. The maximum Gasteiger partial charge on any atom is 0.407 e. The van der Waals surface area contributed by atoms with Gasteiger partial charge in [0.05, 0.1) is 9.79 Å². The van der Waals surface area contributed by atoms with Gasteiger partial charge < -0.3 is 34.9 Å². The van der Waals surface area contributed by atoms with E-state index in [0.717, 1.165) is 117 Å². The Balaban J connectivity index is 0.000000180. The minimum Gasteiger partial charge on any atom is -0.465 e. The molecule has 2 unspecified atom stereocenters. The van der Waals surface area contributed by atoms with Crippen LogP contribution in [0.15, 0.2) is 118 Å². The number of piperazine rings is 2.